The molecule has 0 spiro atoms. The van der Waals surface area contributed by atoms with Crippen LogP contribution in [0.5, 0.6) is 0 Å². The summed E-state index contributed by atoms with van der Waals surface area (Å²) in [5, 5.41) is 1.34. The zero-order valence-corrected chi connectivity index (χ0v) is 17.6. The van der Waals surface area contributed by atoms with E-state index in [9.17, 15) is 4.39 Å². The molecule has 3 heteroatoms. The number of aryl methyl sites for hydroxylation is 1. The second kappa shape index (κ2) is 7.31. The van der Waals surface area contributed by atoms with Crippen molar-refractivity contribution in [2.24, 2.45) is 0 Å². The van der Waals surface area contributed by atoms with Crippen LogP contribution in [0.3, 0.4) is 0 Å². The lowest BCUT2D eigenvalue weighted by Gasteiger charge is -2.41. The van der Waals surface area contributed by atoms with Crippen molar-refractivity contribution < 1.29 is 4.39 Å². The number of aromatic nitrogens is 1. The fraction of sp³-hybridized carbons (Fsp3) is 0.308. The third-order valence-electron chi connectivity index (χ3n) is 6.11. The predicted octanol–water partition coefficient (Wildman–Crippen LogP) is 6.08. The van der Waals surface area contributed by atoms with Gasteiger partial charge in [0, 0.05) is 41.6 Å². The van der Waals surface area contributed by atoms with Gasteiger partial charge >= 0.3 is 0 Å². The van der Waals surface area contributed by atoms with Crippen molar-refractivity contribution in [1.29, 1.82) is 0 Å². The Labute approximate surface area is 173 Å². The van der Waals surface area contributed by atoms with E-state index in [0.29, 0.717) is 0 Å². The van der Waals surface area contributed by atoms with Crippen molar-refractivity contribution in [3.05, 3.63) is 89.9 Å². The van der Waals surface area contributed by atoms with Crippen LogP contribution in [0.2, 0.25) is 0 Å². The van der Waals surface area contributed by atoms with E-state index in [4.69, 9.17) is 0 Å². The number of benzene rings is 2. The van der Waals surface area contributed by atoms with Crippen LogP contribution in [-0.4, -0.2) is 23.1 Å². The minimum atomic E-state index is -0.214. The highest BCUT2D eigenvalue weighted by Crippen LogP contribution is 2.44. The van der Waals surface area contributed by atoms with Gasteiger partial charge in [-0.1, -0.05) is 43.3 Å². The van der Waals surface area contributed by atoms with Gasteiger partial charge in [0.25, 0.3) is 0 Å². The average Bonchev–Trinajstić information content (AvgIpc) is 2.96. The maximum atomic E-state index is 13.4. The fourth-order valence-corrected chi connectivity index (χ4v) is 5.10. The molecule has 0 fully saturated rings. The van der Waals surface area contributed by atoms with Gasteiger partial charge in [-0.3, -0.25) is 0 Å². The number of fused-ring (bicyclic) bond motifs is 3. The Balaban J connectivity index is 1.85. The van der Waals surface area contributed by atoms with Crippen molar-refractivity contribution in [1.82, 2.24) is 9.47 Å². The van der Waals surface area contributed by atoms with Gasteiger partial charge in [0.1, 0.15) is 5.82 Å². The molecule has 4 rings (SSSR count). The smallest absolute Gasteiger partial charge is 0.123 e. The molecule has 2 nitrogen and oxygen atoms in total. The fourth-order valence-electron chi connectivity index (χ4n) is 5.10. The van der Waals surface area contributed by atoms with Crippen LogP contribution in [0.1, 0.15) is 35.7 Å². The number of allylic oxidation sites excluding steroid dienone is 2. The molecule has 0 radical (unpaired) electrons. The molecule has 0 saturated carbocycles. The summed E-state index contributed by atoms with van der Waals surface area (Å²) in [5.74, 6) is -0.214. The van der Waals surface area contributed by atoms with E-state index in [1.54, 1.807) is 0 Å². The highest BCUT2D eigenvalue weighted by Gasteiger charge is 2.39. The second-order valence-corrected chi connectivity index (χ2v) is 8.77. The summed E-state index contributed by atoms with van der Waals surface area (Å²) in [6.45, 7) is 15.5. The van der Waals surface area contributed by atoms with Gasteiger partial charge < -0.3 is 9.47 Å². The Hall–Kier alpha value is -2.65. The first kappa shape index (κ1) is 19.7. The third-order valence-corrected chi connectivity index (χ3v) is 6.11. The maximum Gasteiger partial charge on any atom is 0.123 e. The molecule has 29 heavy (non-hydrogen) atoms. The molecule has 1 aliphatic heterocycles. The highest BCUT2D eigenvalue weighted by molar-refractivity contribution is 5.87. The number of nitrogens with zero attached hydrogens (tertiary/aromatic N) is 2. The Bertz CT molecular complexity index is 1090. The molecule has 150 valence electrons. The van der Waals surface area contributed by atoms with E-state index < -0.39 is 0 Å². The minimum absolute atomic E-state index is 0.0935. The zero-order valence-electron chi connectivity index (χ0n) is 17.6. The number of hydrogen-bond acceptors (Lipinski definition) is 1. The summed E-state index contributed by atoms with van der Waals surface area (Å²) < 4.78 is 15.8. The van der Waals surface area contributed by atoms with Crippen LogP contribution >= 0.6 is 0 Å². The molecule has 1 atom stereocenters. The summed E-state index contributed by atoms with van der Waals surface area (Å²) >= 11 is 0. The molecule has 0 saturated heterocycles. The normalized spacial score (nSPS) is 19.3. The first-order chi connectivity index (χ1) is 13.8. The van der Waals surface area contributed by atoms with Gasteiger partial charge in [-0.2, -0.15) is 0 Å². The molecule has 2 heterocycles. The summed E-state index contributed by atoms with van der Waals surface area (Å²) in [6, 6.07) is 13.4. The van der Waals surface area contributed by atoms with E-state index in [-0.39, 0.29) is 11.2 Å². The van der Waals surface area contributed by atoms with Crippen LogP contribution in [0, 0.1) is 12.7 Å². The van der Waals surface area contributed by atoms with Crippen LogP contribution in [-0.2, 0) is 18.5 Å². The number of likely N-dealkylation sites (N-methyl/N-ethyl adjacent to an activating group) is 1. The molecule has 0 bridgehead atoms. The van der Waals surface area contributed by atoms with Crippen LogP contribution in [0.15, 0.2) is 61.7 Å². The Morgan fingerprint density at radius 1 is 1.21 bits per heavy atom. The van der Waals surface area contributed by atoms with Crippen molar-refractivity contribution in [2.75, 3.05) is 13.6 Å². The minimum Gasteiger partial charge on any atom is -0.340 e. The van der Waals surface area contributed by atoms with Gasteiger partial charge in [-0.05, 0) is 61.4 Å². The van der Waals surface area contributed by atoms with Crippen molar-refractivity contribution >= 4 is 16.5 Å². The molecule has 0 aliphatic carbocycles. The molecule has 3 aromatic rings. The van der Waals surface area contributed by atoms with E-state index in [1.165, 1.54) is 39.9 Å². The zero-order chi connectivity index (χ0) is 20.8. The molecule has 1 aromatic heterocycles. The second-order valence-electron chi connectivity index (χ2n) is 8.77. The first-order valence-corrected chi connectivity index (χ1v) is 10.2. The molecule has 1 aliphatic rings. The molecule has 0 amide bonds. The van der Waals surface area contributed by atoms with Crippen molar-refractivity contribution in [2.45, 2.75) is 38.8 Å². The summed E-state index contributed by atoms with van der Waals surface area (Å²) in [5.41, 5.74) is 7.30. The van der Waals surface area contributed by atoms with E-state index in [1.807, 2.05) is 18.2 Å². The van der Waals surface area contributed by atoms with Gasteiger partial charge in [-0.15, -0.1) is 6.58 Å². The average molecular weight is 389 g/mol. The lowest BCUT2D eigenvalue weighted by Crippen LogP contribution is -2.43. The predicted molar refractivity (Wildman–Crippen MR) is 121 cm³/mol. The van der Waals surface area contributed by atoms with Gasteiger partial charge in [0.15, 0.2) is 0 Å². The summed E-state index contributed by atoms with van der Waals surface area (Å²) in [4.78, 5) is 2.40. The Kier molecular flexibility index (Phi) is 4.95. The lowest BCUT2D eigenvalue weighted by molar-refractivity contribution is 0.219. The van der Waals surface area contributed by atoms with Crippen LogP contribution in [0.25, 0.3) is 16.5 Å². The first-order valence-electron chi connectivity index (χ1n) is 10.2. The van der Waals surface area contributed by atoms with Gasteiger partial charge in [0.2, 0.25) is 0 Å². The van der Waals surface area contributed by atoms with Gasteiger partial charge in [-0.25, -0.2) is 4.39 Å². The Morgan fingerprint density at radius 3 is 2.62 bits per heavy atom. The monoisotopic (exact) mass is 388 g/mol. The van der Waals surface area contributed by atoms with Crippen LogP contribution in [0.4, 0.5) is 4.39 Å². The van der Waals surface area contributed by atoms with Crippen molar-refractivity contribution in [3.8, 4) is 0 Å². The largest absolute Gasteiger partial charge is 0.340 e. The molecular weight excluding hydrogens is 359 g/mol. The van der Waals surface area contributed by atoms with Crippen LogP contribution < -0.4 is 0 Å². The van der Waals surface area contributed by atoms with Gasteiger partial charge in [0.05, 0.1) is 0 Å². The third kappa shape index (κ3) is 3.44. The quantitative estimate of drug-likeness (QED) is 0.481. The van der Waals surface area contributed by atoms with E-state index >= 15 is 0 Å². The molecule has 2 aromatic carbocycles. The number of halogens is 1. The molecule has 0 unspecified atom stereocenters. The SMILES string of the molecule is C=CCn1c2c(c3cc(C)ccc31)CN(C)C[C@]2(C)CC(=C)c1ccc(F)cc1. The molecule has 0 N–H and O–H groups in total. The summed E-state index contributed by atoms with van der Waals surface area (Å²) in [6.07, 6.45) is 2.80. The number of hydrogen-bond donors (Lipinski definition) is 0. The molecular formula is C26H29FN2. The highest BCUT2D eigenvalue weighted by atomic mass is 19.1. The standard InChI is InChI=1S/C26H29FN2/c1-6-13-29-24-12-7-18(2)14-22(24)23-16-28(5)17-26(4,25(23)29)15-19(3)20-8-10-21(27)11-9-20/h6-12,14H,1,3,13,15-17H2,2,4-5H3/t26-/m0/s1. The topological polar surface area (TPSA) is 8.17 Å². The van der Waals surface area contributed by atoms with E-state index in [0.717, 1.165) is 37.2 Å². The lowest BCUT2D eigenvalue weighted by atomic mass is 9.75. The number of rotatable bonds is 5. The summed E-state index contributed by atoms with van der Waals surface area (Å²) in [7, 11) is 2.19. The van der Waals surface area contributed by atoms with E-state index in [2.05, 4.69) is 61.7 Å². The van der Waals surface area contributed by atoms with Crippen molar-refractivity contribution in [3.63, 3.8) is 0 Å². The maximum absolute atomic E-state index is 13.4. The Morgan fingerprint density at radius 2 is 1.93 bits per heavy atom.